The Labute approximate surface area is 112 Å². The lowest BCUT2D eigenvalue weighted by atomic mass is 10.2. The van der Waals surface area contributed by atoms with Crippen LogP contribution in [0.1, 0.15) is 0 Å². The molecule has 7 nitrogen and oxygen atoms in total. The molecule has 0 radical (unpaired) electrons. The number of anilines is 2. The largest absolute Gasteiger partial charge is 0.365 e. The minimum atomic E-state index is 0.467. The summed E-state index contributed by atoms with van der Waals surface area (Å²) in [5, 5.41) is 6.59. The number of carbonyl (C=O) groups excluding carboxylic acids is 1. The highest BCUT2D eigenvalue weighted by Crippen LogP contribution is 2.16. The molecule has 2 aliphatic rings. The van der Waals surface area contributed by atoms with Crippen LogP contribution in [0, 0.1) is 0 Å². The molecule has 2 fully saturated rings. The summed E-state index contributed by atoms with van der Waals surface area (Å²) in [4.78, 5) is 23.2. The highest BCUT2D eigenvalue weighted by atomic mass is 16.1. The molecule has 2 N–H and O–H groups in total. The van der Waals surface area contributed by atoms with Crippen LogP contribution in [0.25, 0.3) is 0 Å². The van der Waals surface area contributed by atoms with Gasteiger partial charge in [-0.2, -0.15) is 0 Å². The van der Waals surface area contributed by atoms with Gasteiger partial charge in [-0.1, -0.05) is 0 Å². The van der Waals surface area contributed by atoms with Crippen LogP contribution in [0.3, 0.4) is 0 Å². The highest BCUT2D eigenvalue weighted by Gasteiger charge is 2.19. The maximum Gasteiger partial charge on any atom is 0.209 e. The molecular weight excluding hydrogens is 244 g/mol. The van der Waals surface area contributed by atoms with E-state index in [-0.39, 0.29) is 0 Å². The zero-order valence-corrected chi connectivity index (χ0v) is 10.7. The maximum absolute atomic E-state index is 10.7. The smallest absolute Gasteiger partial charge is 0.209 e. The number of hydrogen-bond acceptors (Lipinski definition) is 6. The Hall–Kier alpha value is -1.89. The summed E-state index contributed by atoms with van der Waals surface area (Å²) >= 11 is 0. The quantitative estimate of drug-likeness (QED) is 0.688. The molecule has 1 amide bonds. The van der Waals surface area contributed by atoms with Gasteiger partial charge in [0.25, 0.3) is 0 Å². The molecule has 1 aromatic heterocycles. The van der Waals surface area contributed by atoms with Gasteiger partial charge in [0.2, 0.25) is 6.41 Å². The summed E-state index contributed by atoms with van der Waals surface area (Å²) in [5.41, 5.74) is 0. The number of carbonyl (C=O) groups is 1. The molecule has 2 aliphatic heterocycles. The molecule has 0 atom stereocenters. The van der Waals surface area contributed by atoms with Gasteiger partial charge >= 0.3 is 0 Å². The van der Waals surface area contributed by atoms with Gasteiger partial charge in [-0.25, -0.2) is 9.97 Å². The van der Waals surface area contributed by atoms with Crippen molar-refractivity contribution in [2.24, 2.45) is 0 Å². The fourth-order valence-corrected chi connectivity index (χ4v) is 2.26. The van der Waals surface area contributed by atoms with Crippen LogP contribution >= 0.6 is 0 Å². The van der Waals surface area contributed by atoms with Crippen LogP contribution < -0.4 is 15.5 Å². The molecule has 3 rings (SSSR count). The summed E-state index contributed by atoms with van der Waals surface area (Å²) in [5.74, 6) is 1.80. The Morgan fingerprint density at radius 1 is 1.26 bits per heavy atom. The number of nitrogens with one attached hydrogen (secondary N) is 2. The normalized spacial score (nSPS) is 20.0. The van der Waals surface area contributed by atoms with Crippen molar-refractivity contribution in [3.05, 3.63) is 12.4 Å². The minimum Gasteiger partial charge on any atom is -0.365 e. The first kappa shape index (κ1) is 12.2. The second-order valence-electron chi connectivity index (χ2n) is 4.89. The van der Waals surface area contributed by atoms with Gasteiger partial charge < -0.3 is 20.4 Å². The topological polar surface area (TPSA) is 73.4 Å². The minimum absolute atomic E-state index is 0.467. The van der Waals surface area contributed by atoms with E-state index in [1.165, 1.54) is 0 Å². The van der Waals surface area contributed by atoms with Gasteiger partial charge in [0.15, 0.2) is 0 Å². The van der Waals surface area contributed by atoms with Gasteiger partial charge in [0.1, 0.15) is 18.0 Å². The van der Waals surface area contributed by atoms with Gasteiger partial charge in [-0.05, 0) is 0 Å². The monoisotopic (exact) mass is 262 g/mol. The van der Waals surface area contributed by atoms with Gasteiger partial charge in [-0.15, -0.1) is 0 Å². The molecule has 7 heteroatoms. The molecule has 19 heavy (non-hydrogen) atoms. The van der Waals surface area contributed by atoms with E-state index in [9.17, 15) is 4.79 Å². The Morgan fingerprint density at radius 3 is 2.68 bits per heavy atom. The summed E-state index contributed by atoms with van der Waals surface area (Å²) in [6.45, 7) is 5.11. The van der Waals surface area contributed by atoms with Crippen molar-refractivity contribution in [3.8, 4) is 0 Å². The highest BCUT2D eigenvalue weighted by molar-refractivity contribution is 5.51. The van der Waals surface area contributed by atoms with E-state index in [1.54, 1.807) is 11.2 Å². The lowest BCUT2D eigenvalue weighted by molar-refractivity contribution is -0.118. The average molecular weight is 262 g/mol. The van der Waals surface area contributed by atoms with Crippen molar-refractivity contribution in [2.45, 2.75) is 6.04 Å². The van der Waals surface area contributed by atoms with Crippen LogP contribution in [0.5, 0.6) is 0 Å². The number of piperazine rings is 1. The van der Waals surface area contributed by atoms with Crippen molar-refractivity contribution in [3.63, 3.8) is 0 Å². The van der Waals surface area contributed by atoms with Crippen molar-refractivity contribution in [2.75, 3.05) is 49.5 Å². The zero-order chi connectivity index (χ0) is 13.1. The number of rotatable bonds is 4. The van der Waals surface area contributed by atoms with E-state index in [1.807, 2.05) is 6.07 Å². The second-order valence-corrected chi connectivity index (χ2v) is 4.89. The molecule has 0 aromatic carbocycles. The molecule has 3 heterocycles. The number of nitrogens with zero attached hydrogens (tertiary/aromatic N) is 4. The Morgan fingerprint density at radius 2 is 2.05 bits per heavy atom. The molecule has 2 saturated heterocycles. The van der Waals surface area contributed by atoms with E-state index in [0.29, 0.717) is 6.04 Å². The molecule has 0 bridgehead atoms. The van der Waals surface area contributed by atoms with E-state index >= 15 is 0 Å². The molecular formula is C12H18N6O. The lowest BCUT2D eigenvalue weighted by Gasteiger charge is -2.33. The van der Waals surface area contributed by atoms with Crippen molar-refractivity contribution >= 4 is 18.0 Å². The number of aromatic nitrogens is 2. The third kappa shape index (κ3) is 2.76. The van der Waals surface area contributed by atoms with Gasteiger partial charge in [-0.3, -0.25) is 4.79 Å². The number of amides is 1. The second kappa shape index (κ2) is 5.40. The summed E-state index contributed by atoms with van der Waals surface area (Å²) in [6, 6.07) is 2.45. The lowest BCUT2D eigenvalue weighted by Crippen LogP contribution is -2.51. The third-order valence-electron chi connectivity index (χ3n) is 3.57. The summed E-state index contributed by atoms with van der Waals surface area (Å²) in [6.07, 6.45) is 2.50. The van der Waals surface area contributed by atoms with Crippen LogP contribution in [-0.2, 0) is 4.79 Å². The standard InChI is InChI=1S/C12H18N6O/c19-9-17-1-3-18(4-2-17)12-5-11(14-8-15-12)16-10-6-13-7-10/h5,8-10,13H,1-4,6-7H2,(H,14,15,16). The fraction of sp³-hybridized carbons (Fsp3) is 0.583. The first-order chi connectivity index (χ1) is 9.35. The predicted molar refractivity (Wildman–Crippen MR) is 72.2 cm³/mol. The van der Waals surface area contributed by atoms with E-state index < -0.39 is 0 Å². The Balaban J connectivity index is 1.63. The van der Waals surface area contributed by atoms with E-state index in [0.717, 1.165) is 57.3 Å². The third-order valence-corrected chi connectivity index (χ3v) is 3.57. The Bertz CT molecular complexity index is 442. The van der Waals surface area contributed by atoms with Crippen LogP contribution in [-0.4, -0.2) is 66.6 Å². The van der Waals surface area contributed by atoms with Gasteiger partial charge in [0, 0.05) is 45.3 Å². The maximum atomic E-state index is 10.7. The van der Waals surface area contributed by atoms with Crippen molar-refractivity contribution < 1.29 is 4.79 Å². The van der Waals surface area contributed by atoms with E-state index in [4.69, 9.17) is 0 Å². The molecule has 102 valence electrons. The Kier molecular flexibility index (Phi) is 3.45. The molecule has 0 spiro atoms. The first-order valence-corrected chi connectivity index (χ1v) is 6.59. The first-order valence-electron chi connectivity index (χ1n) is 6.59. The van der Waals surface area contributed by atoms with E-state index in [2.05, 4.69) is 25.5 Å². The van der Waals surface area contributed by atoms with Crippen LogP contribution in [0.4, 0.5) is 11.6 Å². The molecule has 0 saturated carbocycles. The molecule has 1 aromatic rings. The average Bonchev–Trinajstić information content (AvgIpc) is 2.43. The number of hydrogen-bond donors (Lipinski definition) is 2. The predicted octanol–water partition coefficient (Wildman–Crippen LogP) is -0.861. The van der Waals surface area contributed by atoms with Crippen molar-refractivity contribution in [1.82, 2.24) is 20.2 Å². The fourth-order valence-electron chi connectivity index (χ4n) is 2.26. The molecule has 0 aliphatic carbocycles. The summed E-state index contributed by atoms with van der Waals surface area (Å²) in [7, 11) is 0. The zero-order valence-electron chi connectivity index (χ0n) is 10.7. The van der Waals surface area contributed by atoms with Crippen molar-refractivity contribution in [1.29, 1.82) is 0 Å². The molecule has 0 unspecified atom stereocenters. The van der Waals surface area contributed by atoms with Crippen LogP contribution in [0.2, 0.25) is 0 Å². The van der Waals surface area contributed by atoms with Crippen LogP contribution in [0.15, 0.2) is 12.4 Å². The van der Waals surface area contributed by atoms with Gasteiger partial charge in [0.05, 0.1) is 6.04 Å². The summed E-state index contributed by atoms with van der Waals surface area (Å²) < 4.78 is 0. The SMILES string of the molecule is O=CN1CCN(c2cc(NC3CNC3)ncn2)CC1.